The number of phenols is 1. The third-order valence-electron chi connectivity index (χ3n) is 6.46. The number of rotatable bonds is 7. The van der Waals surface area contributed by atoms with Crippen LogP contribution in [-0.2, 0) is 4.57 Å². The minimum atomic E-state index is -2.79. The normalized spacial score (nSPS) is 22.1. The maximum absolute atomic E-state index is 14.4. The second-order valence-electron chi connectivity index (χ2n) is 8.28. The summed E-state index contributed by atoms with van der Waals surface area (Å²) in [7, 11) is 2.14. The van der Waals surface area contributed by atoms with Crippen LogP contribution in [0.4, 0.5) is 5.69 Å². The summed E-state index contributed by atoms with van der Waals surface area (Å²) in [5, 5.41) is 14.9. The highest BCUT2D eigenvalue weighted by atomic mass is 31.2. The van der Waals surface area contributed by atoms with E-state index in [4.69, 9.17) is 9.47 Å². The van der Waals surface area contributed by atoms with Crippen LogP contribution in [0.15, 0.2) is 48.7 Å². The molecule has 3 atom stereocenters. The van der Waals surface area contributed by atoms with E-state index in [1.807, 2.05) is 36.0 Å². The van der Waals surface area contributed by atoms with E-state index in [0.717, 1.165) is 35.1 Å². The van der Waals surface area contributed by atoms with Crippen LogP contribution < -0.4 is 14.8 Å². The van der Waals surface area contributed by atoms with Gasteiger partial charge in [0.05, 0.1) is 37.3 Å². The average molecular weight is 455 g/mol. The van der Waals surface area contributed by atoms with Crippen LogP contribution in [0.3, 0.4) is 0 Å². The number of ether oxygens (including phenoxy) is 2. The Kier molecular flexibility index (Phi) is 6.31. The van der Waals surface area contributed by atoms with Crippen molar-refractivity contribution in [3.05, 3.63) is 54.2 Å². The summed E-state index contributed by atoms with van der Waals surface area (Å²) in [6.07, 6.45) is 2.68. The van der Waals surface area contributed by atoms with Crippen molar-refractivity contribution >= 4 is 23.9 Å². The van der Waals surface area contributed by atoms with Gasteiger partial charge in [0.15, 0.2) is 18.8 Å². The summed E-state index contributed by atoms with van der Waals surface area (Å²) in [5.41, 5.74) is 2.34. The molecule has 2 unspecified atom stereocenters. The Hall–Kier alpha value is -2.76. The van der Waals surface area contributed by atoms with Crippen LogP contribution in [0.5, 0.6) is 17.2 Å². The van der Waals surface area contributed by atoms with E-state index < -0.39 is 7.29 Å². The first-order chi connectivity index (χ1) is 15.4. The van der Waals surface area contributed by atoms with Gasteiger partial charge >= 0.3 is 0 Å². The molecule has 1 fully saturated rings. The first-order valence-corrected chi connectivity index (χ1v) is 12.5. The van der Waals surface area contributed by atoms with Gasteiger partial charge in [0, 0.05) is 24.1 Å². The molecule has 1 saturated heterocycles. The van der Waals surface area contributed by atoms with Crippen molar-refractivity contribution in [2.24, 2.45) is 0 Å². The lowest BCUT2D eigenvalue weighted by Gasteiger charge is -2.33. The Morgan fingerprint density at radius 2 is 1.91 bits per heavy atom. The van der Waals surface area contributed by atoms with Gasteiger partial charge in [0.1, 0.15) is 0 Å². The van der Waals surface area contributed by atoms with E-state index in [-0.39, 0.29) is 17.1 Å². The van der Waals surface area contributed by atoms with E-state index in [2.05, 4.69) is 23.3 Å². The molecule has 2 N–H and O–H groups in total. The molecule has 0 saturated carbocycles. The lowest BCUT2D eigenvalue weighted by atomic mass is 10.1. The van der Waals surface area contributed by atoms with Crippen molar-refractivity contribution in [1.82, 2.24) is 9.65 Å². The van der Waals surface area contributed by atoms with Crippen LogP contribution in [0.2, 0.25) is 0 Å². The Morgan fingerprint density at radius 1 is 1.22 bits per heavy atom. The maximum Gasteiger partial charge on any atom is 0.200 e. The number of hydrogen-bond donors (Lipinski definition) is 2. The Labute approximate surface area is 188 Å². The van der Waals surface area contributed by atoms with Crippen LogP contribution in [0.25, 0.3) is 10.9 Å². The lowest BCUT2D eigenvalue weighted by molar-refractivity contribution is 0.339. The number of nitrogens with zero attached hydrogens (tertiary/aromatic N) is 2. The van der Waals surface area contributed by atoms with Gasteiger partial charge in [-0.05, 0) is 43.3 Å². The quantitative estimate of drug-likeness (QED) is 0.479. The highest BCUT2D eigenvalue weighted by Gasteiger charge is 2.46. The molecule has 0 amide bonds. The predicted molar refractivity (Wildman–Crippen MR) is 129 cm³/mol. The van der Waals surface area contributed by atoms with Gasteiger partial charge in [-0.3, -0.25) is 9.65 Å². The molecular weight excluding hydrogens is 425 g/mol. The molecule has 0 spiro atoms. The average Bonchev–Trinajstić information content (AvgIpc) is 3.07. The molecule has 1 aliphatic heterocycles. The summed E-state index contributed by atoms with van der Waals surface area (Å²) in [6, 6.07) is 13.5. The molecule has 170 valence electrons. The fourth-order valence-corrected chi connectivity index (χ4v) is 8.15. The Balaban J connectivity index is 1.74. The number of aromatic nitrogens is 1. The number of hydrogen-bond acceptors (Lipinski definition) is 6. The highest BCUT2D eigenvalue weighted by Crippen LogP contribution is 2.69. The zero-order valence-corrected chi connectivity index (χ0v) is 19.8. The molecule has 0 bridgehead atoms. The third-order valence-corrected chi connectivity index (χ3v) is 10.6. The predicted octanol–water partition coefficient (Wildman–Crippen LogP) is 5.11. The highest BCUT2D eigenvalue weighted by molar-refractivity contribution is 7.63. The molecule has 32 heavy (non-hydrogen) atoms. The van der Waals surface area contributed by atoms with Crippen LogP contribution in [0, 0.1) is 0 Å². The van der Waals surface area contributed by atoms with Gasteiger partial charge < -0.3 is 24.5 Å². The summed E-state index contributed by atoms with van der Waals surface area (Å²) >= 11 is 0. The van der Waals surface area contributed by atoms with Gasteiger partial charge in [-0.25, -0.2) is 0 Å². The monoisotopic (exact) mass is 455 g/mol. The van der Waals surface area contributed by atoms with Crippen molar-refractivity contribution < 1.29 is 19.1 Å². The number of para-hydroxylation sites is 1. The molecular formula is C24H30N3O4P. The van der Waals surface area contributed by atoms with E-state index in [9.17, 15) is 9.67 Å². The molecule has 7 nitrogen and oxygen atoms in total. The van der Waals surface area contributed by atoms with E-state index in [1.54, 1.807) is 18.3 Å². The second-order valence-corrected chi connectivity index (χ2v) is 11.8. The standard InChI is InChI=1S/C24H30N3O4P/c1-16-9-10-27(2)32(16,29)23(18-12-21(30-3)24(28)22(13-18)31-4)15-25-19-11-17-7-5-6-8-20(17)26-14-19/h5-8,11-14,16,23,25,28H,9-10,15H2,1-4H3/t16-,23?,32?/m0/s1. The number of benzene rings is 2. The minimum absolute atomic E-state index is 0.0554. The Morgan fingerprint density at radius 3 is 2.53 bits per heavy atom. The summed E-state index contributed by atoms with van der Waals surface area (Å²) in [4.78, 5) is 4.53. The number of pyridine rings is 1. The molecule has 0 radical (unpaired) electrons. The fourth-order valence-electron chi connectivity index (χ4n) is 4.55. The number of methoxy groups -OCH3 is 2. The number of anilines is 1. The van der Waals surface area contributed by atoms with Gasteiger partial charge in [0.25, 0.3) is 0 Å². The molecule has 1 aliphatic rings. The largest absolute Gasteiger partial charge is 0.502 e. The number of fused-ring (bicyclic) bond motifs is 1. The molecule has 4 rings (SSSR count). The van der Waals surface area contributed by atoms with Crippen molar-refractivity contribution in [3.63, 3.8) is 0 Å². The molecule has 3 aromatic rings. The van der Waals surface area contributed by atoms with Crippen molar-refractivity contribution in [3.8, 4) is 17.2 Å². The number of nitrogens with one attached hydrogen (secondary N) is 1. The first kappa shape index (κ1) is 22.4. The fraction of sp³-hybridized carbons (Fsp3) is 0.375. The molecule has 0 aliphatic carbocycles. The third kappa shape index (κ3) is 3.91. The van der Waals surface area contributed by atoms with Gasteiger partial charge in [-0.2, -0.15) is 0 Å². The van der Waals surface area contributed by atoms with E-state index in [1.165, 1.54) is 14.2 Å². The van der Waals surface area contributed by atoms with Gasteiger partial charge in [0.2, 0.25) is 5.75 Å². The topological polar surface area (TPSA) is 83.9 Å². The van der Waals surface area contributed by atoms with Crippen LogP contribution in [-0.4, -0.2) is 54.8 Å². The second kappa shape index (κ2) is 9.00. The summed E-state index contributed by atoms with van der Waals surface area (Å²) in [5.74, 6) is 0.547. The van der Waals surface area contributed by atoms with Crippen molar-refractivity contribution in [1.29, 1.82) is 0 Å². The SMILES string of the molecule is COc1cc(C(CNc2cnc3ccccc3c2)P2(=O)[C@@H](C)CCN2C)cc(OC)c1O. The summed E-state index contributed by atoms with van der Waals surface area (Å²) < 4.78 is 27.2. The zero-order chi connectivity index (χ0) is 22.9. The van der Waals surface area contributed by atoms with E-state index in [0.29, 0.717) is 18.0 Å². The summed E-state index contributed by atoms with van der Waals surface area (Å²) in [6.45, 7) is 3.30. The van der Waals surface area contributed by atoms with Crippen LogP contribution in [0.1, 0.15) is 24.6 Å². The molecule has 8 heteroatoms. The Bertz CT molecular complexity index is 1130. The van der Waals surface area contributed by atoms with Crippen molar-refractivity contribution in [2.45, 2.75) is 24.7 Å². The maximum atomic E-state index is 14.4. The zero-order valence-electron chi connectivity index (χ0n) is 18.9. The van der Waals surface area contributed by atoms with Crippen molar-refractivity contribution in [2.75, 3.05) is 39.7 Å². The smallest absolute Gasteiger partial charge is 0.200 e. The molecule has 1 aromatic heterocycles. The minimum Gasteiger partial charge on any atom is -0.502 e. The number of phenolic OH excluding ortho intramolecular Hbond substituents is 1. The first-order valence-electron chi connectivity index (χ1n) is 10.7. The molecule has 2 aromatic carbocycles. The van der Waals surface area contributed by atoms with Crippen LogP contribution >= 0.6 is 7.29 Å². The van der Waals surface area contributed by atoms with Gasteiger partial charge in [-0.15, -0.1) is 0 Å². The number of aromatic hydroxyl groups is 1. The van der Waals surface area contributed by atoms with Gasteiger partial charge in [-0.1, -0.05) is 25.1 Å². The molecule has 2 heterocycles. The lowest BCUT2D eigenvalue weighted by Crippen LogP contribution is -2.22. The van der Waals surface area contributed by atoms with E-state index >= 15 is 0 Å².